The van der Waals surface area contributed by atoms with Gasteiger partial charge in [0.1, 0.15) is 5.75 Å². The molecule has 0 aliphatic rings. The van der Waals surface area contributed by atoms with Gasteiger partial charge in [-0.2, -0.15) is 11.3 Å². The molecule has 1 aromatic carbocycles. The Morgan fingerprint density at radius 3 is 2.58 bits per heavy atom. The molecule has 0 saturated carbocycles. The predicted molar refractivity (Wildman–Crippen MR) is 82.1 cm³/mol. The Labute approximate surface area is 119 Å². The maximum Gasteiger partial charge on any atom is 0.119 e. The number of rotatable bonds is 7. The molecule has 1 atom stereocenters. The molecule has 19 heavy (non-hydrogen) atoms. The number of hydrogen-bond donors (Lipinski definition) is 1. The van der Waals surface area contributed by atoms with E-state index >= 15 is 0 Å². The largest absolute Gasteiger partial charge is 0.493 e. The number of thiophene rings is 1. The maximum atomic E-state index is 5.77. The van der Waals surface area contributed by atoms with E-state index in [0.29, 0.717) is 6.04 Å². The topological polar surface area (TPSA) is 21.3 Å². The summed E-state index contributed by atoms with van der Waals surface area (Å²) in [7, 11) is 2.00. The Morgan fingerprint density at radius 1 is 1.21 bits per heavy atom. The zero-order valence-electron chi connectivity index (χ0n) is 11.6. The van der Waals surface area contributed by atoms with Gasteiger partial charge in [0, 0.05) is 12.5 Å². The van der Waals surface area contributed by atoms with Crippen LogP contribution in [0.4, 0.5) is 0 Å². The second kappa shape index (κ2) is 7.31. The molecule has 0 radical (unpaired) electrons. The molecule has 2 nitrogen and oxygen atoms in total. The molecule has 0 saturated heterocycles. The fourth-order valence-corrected chi connectivity index (χ4v) is 2.83. The summed E-state index contributed by atoms with van der Waals surface area (Å²) in [4.78, 5) is 0. The lowest BCUT2D eigenvalue weighted by molar-refractivity contribution is 0.322. The van der Waals surface area contributed by atoms with Gasteiger partial charge in [0.05, 0.1) is 6.61 Å². The second-order valence-electron chi connectivity index (χ2n) is 4.55. The van der Waals surface area contributed by atoms with E-state index in [2.05, 4.69) is 53.3 Å². The van der Waals surface area contributed by atoms with Crippen molar-refractivity contribution in [3.8, 4) is 5.75 Å². The lowest BCUT2D eigenvalue weighted by Crippen LogP contribution is -2.14. The number of ether oxygens (including phenoxy) is 1. The molecule has 0 bridgehead atoms. The number of benzene rings is 1. The molecule has 0 spiro atoms. The van der Waals surface area contributed by atoms with Crippen LogP contribution in [0, 0.1) is 0 Å². The molecule has 1 heterocycles. The molecule has 0 aliphatic heterocycles. The zero-order valence-corrected chi connectivity index (χ0v) is 12.4. The highest BCUT2D eigenvalue weighted by molar-refractivity contribution is 7.07. The van der Waals surface area contributed by atoms with Crippen LogP contribution in [0.3, 0.4) is 0 Å². The molecule has 2 rings (SSSR count). The third-order valence-corrected chi connectivity index (χ3v) is 4.01. The van der Waals surface area contributed by atoms with Crippen LogP contribution in [0.1, 0.15) is 30.5 Å². The summed E-state index contributed by atoms with van der Waals surface area (Å²) < 4.78 is 5.77. The second-order valence-corrected chi connectivity index (χ2v) is 5.33. The van der Waals surface area contributed by atoms with Gasteiger partial charge in [0.15, 0.2) is 0 Å². The van der Waals surface area contributed by atoms with Crippen LogP contribution in [-0.2, 0) is 6.42 Å². The van der Waals surface area contributed by atoms with E-state index in [1.807, 2.05) is 7.05 Å². The van der Waals surface area contributed by atoms with E-state index < -0.39 is 0 Å². The van der Waals surface area contributed by atoms with E-state index in [0.717, 1.165) is 25.2 Å². The van der Waals surface area contributed by atoms with Gasteiger partial charge in [-0.3, -0.25) is 0 Å². The maximum absolute atomic E-state index is 5.77. The summed E-state index contributed by atoms with van der Waals surface area (Å²) in [5, 5.41) is 7.59. The van der Waals surface area contributed by atoms with E-state index in [1.54, 1.807) is 11.3 Å². The molecular weight excluding hydrogens is 254 g/mol. The van der Waals surface area contributed by atoms with Crippen LogP contribution in [-0.4, -0.2) is 13.7 Å². The first-order valence-electron chi connectivity index (χ1n) is 6.74. The molecular formula is C16H21NOS. The number of nitrogens with one attached hydrogen (secondary N) is 1. The standard InChI is InChI=1S/C16H21NOS/c1-3-16(17-2)14-4-6-15(7-5-14)18-10-8-13-9-11-19-12-13/h4-7,9,11-12,16-17H,3,8,10H2,1-2H3. The summed E-state index contributed by atoms with van der Waals surface area (Å²) in [6.45, 7) is 2.92. The molecule has 102 valence electrons. The van der Waals surface area contributed by atoms with Crippen LogP contribution in [0.2, 0.25) is 0 Å². The first-order chi connectivity index (χ1) is 9.33. The fraction of sp³-hybridized carbons (Fsp3) is 0.375. The molecule has 1 aromatic heterocycles. The van der Waals surface area contributed by atoms with Crippen LogP contribution in [0.25, 0.3) is 0 Å². The predicted octanol–water partition coefficient (Wildman–Crippen LogP) is 4.04. The van der Waals surface area contributed by atoms with E-state index in [4.69, 9.17) is 4.74 Å². The normalized spacial score (nSPS) is 12.3. The van der Waals surface area contributed by atoms with Crippen LogP contribution in [0.5, 0.6) is 5.75 Å². The molecule has 0 fully saturated rings. The van der Waals surface area contributed by atoms with E-state index in [9.17, 15) is 0 Å². The van der Waals surface area contributed by atoms with Crippen molar-refractivity contribution in [2.45, 2.75) is 25.8 Å². The lowest BCUT2D eigenvalue weighted by atomic mass is 10.0. The van der Waals surface area contributed by atoms with Crippen LogP contribution < -0.4 is 10.1 Å². The van der Waals surface area contributed by atoms with Crippen molar-refractivity contribution in [3.05, 3.63) is 52.2 Å². The monoisotopic (exact) mass is 275 g/mol. The Bertz CT molecular complexity index is 460. The average molecular weight is 275 g/mol. The van der Waals surface area contributed by atoms with Gasteiger partial charge in [0.2, 0.25) is 0 Å². The summed E-state index contributed by atoms with van der Waals surface area (Å²) in [6.07, 6.45) is 2.06. The van der Waals surface area contributed by atoms with Crippen molar-refractivity contribution in [2.24, 2.45) is 0 Å². The first kappa shape index (κ1) is 14.1. The third-order valence-electron chi connectivity index (χ3n) is 3.28. The van der Waals surface area contributed by atoms with Crippen molar-refractivity contribution >= 4 is 11.3 Å². The zero-order chi connectivity index (χ0) is 13.5. The molecule has 1 N–H and O–H groups in total. The third kappa shape index (κ3) is 4.08. The highest BCUT2D eigenvalue weighted by atomic mass is 32.1. The Hall–Kier alpha value is -1.32. The van der Waals surface area contributed by atoms with Gasteiger partial charge in [-0.15, -0.1) is 0 Å². The summed E-state index contributed by atoms with van der Waals surface area (Å²) in [5.41, 5.74) is 2.66. The number of hydrogen-bond acceptors (Lipinski definition) is 3. The van der Waals surface area contributed by atoms with Gasteiger partial charge >= 0.3 is 0 Å². The minimum absolute atomic E-state index is 0.430. The van der Waals surface area contributed by atoms with Gasteiger partial charge in [0.25, 0.3) is 0 Å². The molecule has 0 amide bonds. The molecule has 1 unspecified atom stereocenters. The minimum atomic E-state index is 0.430. The van der Waals surface area contributed by atoms with Gasteiger partial charge in [-0.1, -0.05) is 19.1 Å². The quantitative estimate of drug-likeness (QED) is 0.823. The van der Waals surface area contributed by atoms with E-state index in [-0.39, 0.29) is 0 Å². The molecule has 2 aromatic rings. The van der Waals surface area contributed by atoms with Gasteiger partial charge in [-0.25, -0.2) is 0 Å². The first-order valence-corrected chi connectivity index (χ1v) is 7.69. The van der Waals surface area contributed by atoms with Gasteiger partial charge in [-0.05, 0) is 53.6 Å². The summed E-state index contributed by atoms with van der Waals surface area (Å²) in [5.74, 6) is 0.949. The van der Waals surface area contributed by atoms with Crippen molar-refractivity contribution in [1.29, 1.82) is 0 Å². The Kier molecular flexibility index (Phi) is 5.43. The summed E-state index contributed by atoms with van der Waals surface area (Å²) in [6, 6.07) is 11.0. The van der Waals surface area contributed by atoms with Crippen molar-refractivity contribution < 1.29 is 4.74 Å². The molecule has 0 aliphatic carbocycles. The highest BCUT2D eigenvalue weighted by Crippen LogP contribution is 2.20. The molecule has 3 heteroatoms. The van der Waals surface area contributed by atoms with Crippen molar-refractivity contribution in [1.82, 2.24) is 5.32 Å². The Morgan fingerprint density at radius 2 is 2.00 bits per heavy atom. The van der Waals surface area contributed by atoms with Crippen LogP contribution in [0.15, 0.2) is 41.1 Å². The van der Waals surface area contributed by atoms with E-state index in [1.165, 1.54) is 11.1 Å². The minimum Gasteiger partial charge on any atom is -0.493 e. The van der Waals surface area contributed by atoms with Crippen LogP contribution >= 0.6 is 11.3 Å². The lowest BCUT2D eigenvalue weighted by Gasteiger charge is -2.14. The highest BCUT2D eigenvalue weighted by Gasteiger charge is 2.05. The summed E-state index contributed by atoms with van der Waals surface area (Å²) >= 11 is 1.73. The van der Waals surface area contributed by atoms with Crippen molar-refractivity contribution in [3.63, 3.8) is 0 Å². The Balaban J connectivity index is 1.84. The fourth-order valence-electron chi connectivity index (χ4n) is 2.12. The smallest absolute Gasteiger partial charge is 0.119 e. The average Bonchev–Trinajstić information content (AvgIpc) is 2.95. The van der Waals surface area contributed by atoms with Gasteiger partial charge < -0.3 is 10.1 Å². The van der Waals surface area contributed by atoms with Crippen molar-refractivity contribution in [2.75, 3.05) is 13.7 Å². The SMILES string of the molecule is CCC(NC)c1ccc(OCCc2ccsc2)cc1.